The molecule has 0 saturated carbocycles. The summed E-state index contributed by atoms with van der Waals surface area (Å²) >= 11 is 1.68. The lowest BCUT2D eigenvalue weighted by Gasteiger charge is -2.24. The van der Waals surface area contributed by atoms with Crippen LogP contribution in [0.4, 0.5) is 10.7 Å². The van der Waals surface area contributed by atoms with Crippen LogP contribution in [0.2, 0.25) is 0 Å². The zero-order valence-electron chi connectivity index (χ0n) is 13.5. The molecule has 1 atom stereocenters. The van der Waals surface area contributed by atoms with Crippen LogP contribution in [0.15, 0.2) is 30.3 Å². The maximum Gasteiger partial charge on any atom is 0.270 e. The van der Waals surface area contributed by atoms with E-state index in [1.54, 1.807) is 29.5 Å². The highest BCUT2D eigenvalue weighted by molar-refractivity contribution is 7.16. The van der Waals surface area contributed by atoms with Crippen LogP contribution >= 0.6 is 11.3 Å². The number of fused-ring (bicyclic) bond motifs is 3. The first-order valence-corrected chi connectivity index (χ1v) is 9.08. The van der Waals surface area contributed by atoms with Crippen LogP contribution in [0.1, 0.15) is 39.2 Å². The van der Waals surface area contributed by atoms with Gasteiger partial charge in [0.05, 0.1) is 10.5 Å². The maximum absolute atomic E-state index is 12.5. The first-order chi connectivity index (χ1) is 12.1. The SMILES string of the molecule is O=C1NC(C=Cc2cccc([N+](=O)[O-])c2)Nc2sc3c(c21)CCCC3. The van der Waals surface area contributed by atoms with Crippen LogP contribution in [-0.2, 0) is 12.8 Å². The second kappa shape index (κ2) is 6.33. The summed E-state index contributed by atoms with van der Waals surface area (Å²) in [5.41, 5.74) is 2.79. The van der Waals surface area contributed by atoms with Crippen LogP contribution in [0.25, 0.3) is 6.08 Å². The van der Waals surface area contributed by atoms with E-state index in [0.29, 0.717) is 0 Å². The Bertz CT molecular complexity index is 888. The number of nitro groups is 1. The predicted octanol–water partition coefficient (Wildman–Crippen LogP) is 3.73. The molecular weight excluding hydrogens is 338 g/mol. The van der Waals surface area contributed by atoms with Crippen LogP contribution in [-0.4, -0.2) is 17.0 Å². The number of thiophene rings is 1. The van der Waals surface area contributed by atoms with Crippen molar-refractivity contribution in [3.8, 4) is 0 Å². The number of nitro benzene ring substituents is 1. The lowest BCUT2D eigenvalue weighted by atomic mass is 9.94. The number of nitrogens with zero attached hydrogens (tertiary/aromatic N) is 1. The van der Waals surface area contributed by atoms with Gasteiger partial charge in [0.1, 0.15) is 11.2 Å². The summed E-state index contributed by atoms with van der Waals surface area (Å²) in [6.45, 7) is 0. The fourth-order valence-corrected chi connectivity index (χ4v) is 4.67. The first kappa shape index (κ1) is 15.8. The van der Waals surface area contributed by atoms with Gasteiger partial charge in [-0.3, -0.25) is 14.9 Å². The van der Waals surface area contributed by atoms with Crippen LogP contribution in [0, 0.1) is 10.1 Å². The van der Waals surface area contributed by atoms with Gasteiger partial charge in [0.25, 0.3) is 11.6 Å². The molecule has 1 unspecified atom stereocenters. The molecular formula is C18H17N3O3S. The van der Waals surface area contributed by atoms with Crippen molar-refractivity contribution in [3.63, 3.8) is 0 Å². The van der Waals surface area contributed by atoms with Crippen molar-refractivity contribution in [1.82, 2.24) is 5.32 Å². The van der Waals surface area contributed by atoms with Crippen molar-refractivity contribution < 1.29 is 9.72 Å². The van der Waals surface area contributed by atoms with Gasteiger partial charge in [-0.2, -0.15) is 0 Å². The first-order valence-electron chi connectivity index (χ1n) is 8.26. The number of nitrogens with one attached hydrogen (secondary N) is 2. The van der Waals surface area contributed by atoms with E-state index in [2.05, 4.69) is 10.6 Å². The third kappa shape index (κ3) is 3.02. The van der Waals surface area contributed by atoms with Gasteiger partial charge >= 0.3 is 0 Å². The number of benzene rings is 1. The van der Waals surface area contributed by atoms with Gasteiger partial charge < -0.3 is 10.6 Å². The van der Waals surface area contributed by atoms with Crippen molar-refractivity contribution >= 4 is 34.0 Å². The van der Waals surface area contributed by atoms with E-state index in [-0.39, 0.29) is 17.8 Å². The Morgan fingerprint density at radius 1 is 1.24 bits per heavy atom. The third-order valence-corrected chi connectivity index (χ3v) is 5.76. The van der Waals surface area contributed by atoms with Crippen molar-refractivity contribution in [2.45, 2.75) is 31.8 Å². The summed E-state index contributed by atoms with van der Waals surface area (Å²) in [5.74, 6) is -0.0400. The molecule has 1 amide bonds. The molecule has 1 aromatic heterocycles. The molecule has 6 nitrogen and oxygen atoms in total. The number of hydrogen-bond acceptors (Lipinski definition) is 5. The number of hydrogen-bond donors (Lipinski definition) is 2. The largest absolute Gasteiger partial charge is 0.353 e. The molecule has 0 saturated heterocycles. The monoisotopic (exact) mass is 355 g/mol. The van der Waals surface area contributed by atoms with Crippen molar-refractivity contribution in [2.75, 3.05) is 5.32 Å². The van der Waals surface area contributed by atoms with E-state index in [0.717, 1.165) is 35.4 Å². The minimum Gasteiger partial charge on any atom is -0.353 e. The Labute approximate surface area is 148 Å². The highest BCUT2D eigenvalue weighted by Crippen LogP contribution is 2.39. The summed E-state index contributed by atoms with van der Waals surface area (Å²) in [5, 5.41) is 18.1. The molecule has 1 aromatic carbocycles. The maximum atomic E-state index is 12.5. The lowest BCUT2D eigenvalue weighted by Crippen LogP contribution is -2.43. The molecule has 128 valence electrons. The quantitative estimate of drug-likeness (QED) is 0.649. The van der Waals surface area contributed by atoms with E-state index in [1.165, 1.54) is 29.0 Å². The van der Waals surface area contributed by atoms with E-state index in [4.69, 9.17) is 0 Å². The fraction of sp³-hybridized carbons (Fsp3) is 0.278. The van der Waals surface area contributed by atoms with E-state index >= 15 is 0 Å². The van der Waals surface area contributed by atoms with Crippen molar-refractivity contribution in [2.24, 2.45) is 0 Å². The van der Waals surface area contributed by atoms with Gasteiger partial charge in [0.15, 0.2) is 0 Å². The molecule has 7 heteroatoms. The predicted molar refractivity (Wildman–Crippen MR) is 98.0 cm³/mol. The second-order valence-electron chi connectivity index (χ2n) is 6.22. The number of anilines is 1. The third-order valence-electron chi connectivity index (χ3n) is 4.53. The minimum atomic E-state index is -0.416. The normalized spacial score (nSPS) is 19.0. The standard InChI is InChI=1S/C18H17N3O3S/c22-17-16-13-6-1-2-7-14(13)25-18(16)20-15(19-17)9-8-11-4-3-5-12(10-11)21(23)24/h3-5,8-10,15,20H,1-2,6-7H2,(H,19,22). The molecule has 25 heavy (non-hydrogen) atoms. The number of carbonyl (C=O) groups is 1. The molecule has 1 aliphatic heterocycles. The molecule has 0 bridgehead atoms. The zero-order chi connectivity index (χ0) is 17.4. The second-order valence-corrected chi connectivity index (χ2v) is 7.33. The number of amides is 1. The summed E-state index contributed by atoms with van der Waals surface area (Å²) < 4.78 is 0. The molecule has 0 fully saturated rings. The van der Waals surface area contributed by atoms with Gasteiger partial charge in [0, 0.05) is 17.0 Å². The topological polar surface area (TPSA) is 84.3 Å². The van der Waals surface area contributed by atoms with Gasteiger partial charge in [0.2, 0.25) is 0 Å². The summed E-state index contributed by atoms with van der Waals surface area (Å²) in [6.07, 6.45) is 7.63. The van der Waals surface area contributed by atoms with Gasteiger partial charge in [-0.15, -0.1) is 11.3 Å². The molecule has 2 heterocycles. The average molecular weight is 355 g/mol. The number of aryl methyl sites for hydroxylation is 1. The number of carbonyl (C=O) groups excluding carboxylic acids is 1. The van der Waals surface area contributed by atoms with E-state index in [1.807, 2.05) is 6.08 Å². The van der Waals surface area contributed by atoms with E-state index < -0.39 is 4.92 Å². The summed E-state index contributed by atoms with van der Waals surface area (Å²) in [7, 11) is 0. The van der Waals surface area contributed by atoms with Crippen molar-refractivity contribution in [1.29, 1.82) is 0 Å². The van der Waals surface area contributed by atoms with Gasteiger partial charge in [-0.25, -0.2) is 0 Å². The molecule has 2 aromatic rings. The molecule has 0 radical (unpaired) electrons. The van der Waals surface area contributed by atoms with Crippen LogP contribution in [0.5, 0.6) is 0 Å². The van der Waals surface area contributed by atoms with Crippen LogP contribution < -0.4 is 10.6 Å². The van der Waals surface area contributed by atoms with Gasteiger partial charge in [-0.1, -0.05) is 18.2 Å². The Morgan fingerprint density at radius 2 is 2.08 bits per heavy atom. The Balaban J connectivity index is 1.55. The Hall–Kier alpha value is -2.67. The average Bonchev–Trinajstić information content (AvgIpc) is 2.99. The highest BCUT2D eigenvalue weighted by Gasteiger charge is 2.30. The summed E-state index contributed by atoms with van der Waals surface area (Å²) in [4.78, 5) is 24.3. The molecule has 0 spiro atoms. The summed E-state index contributed by atoms with van der Waals surface area (Å²) in [6, 6.07) is 6.41. The number of rotatable bonds is 3. The molecule has 1 aliphatic carbocycles. The fourth-order valence-electron chi connectivity index (χ4n) is 3.34. The smallest absolute Gasteiger partial charge is 0.270 e. The highest BCUT2D eigenvalue weighted by atomic mass is 32.1. The molecule has 2 aliphatic rings. The molecule has 4 rings (SSSR count). The zero-order valence-corrected chi connectivity index (χ0v) is 14.3. The minimum absolute atomic E-state index is 0.0400. The van der Waals surface area contributed by atoms with Gasteiger partial charge in [-0.05, 0) is 42.9 Å². The lowest BCUT2D eigenvalue weighted by molar-refractivity contribution is -0.384. The Morgan fingerprint density at radius 3 is 2.92 bits per heavy atom. The molecule has 2 N–H and O–H groups in total. The Kier molecular flexibility index (Phi) is 4.01. The van der Waals surface area contributed by atoms with Crippen LogP contribution in [0.3, 0.4) is 0 Å². The van der Waals surface area contributed by atoms with Crippen molar-refractivity contribution in [3.05, 3.63) is 62.0 Å². The van der Waals surface area contributed by atoms with E-state index in [9.17, 15) is 14.9 Å². The number of non-ortho nitro benzene ring substituents is 1.